The number of hydrogen-bond acceptors (Lipinski definition) is 11. The molecule has 2 heterocycles. The lowest BCUT2D eigenvalue weighted by Gasteiger charge is -2.22. The third-order valence-corrected chi connectivity index (χ3v) is 8.33. The first kappa shape index (κ1) is 35.1. The number of anilines is 1. The number of carbonyl (C=O) groups excluding carboxylic acids is 4. The van der Waals surface area contributed by atoms with Crippen molar-refractivity contribution < 1.29 is 38.5 Å². The number of rotatable bonds is 16. The number of ketones is 1. The molecule has 2 aromatic heterocycles. The van der Waals surface area contributed by atoms with Crippen molar-refractivity contribution in [2.75, 3.05) is 32.1 Å². The van der Waals surface area contributed by atoms with Crippen molar-refractivity contribution in [2.24, 2.45) is 0 Å². The Morgan fingerprint density at radius 2 is 1.67 bits per heavy atom. The Morgan fingerprint density at radius 3 is 2.35 bits per heavy atom. The smallest absolute Gasteiger partial charge is 0.409 e. The molecule has 2 aromatic carbocycles. The number of nitrogens with zero attached hydrogens (tertiary/aromatic N) is 5. The Balaban J connectivity index is 1.08. The number of imidazole rings is 1. The molecule has 0 radical (unpaired) electrons. The fraction of sp³-hybridized carbons (Fsp3) is 0.400. The van der Waals surface area contributed by atoms with Crippen molar-refractivity contribution in [3.8, 4) is 11.1 Å². The molecule has 14 nitrogen and oxygen atoms in total. The molecule has 2 amide bonds. The van der Waals surface area contributed by atoms with Gasteiger partial charge in [0.15, 0.2) is 17.0 Å². The molecule has 0 bridgehead atoms. The van der Waals surface area contributed by atoms with Gasteiger partial charge in [-0.1, -0.05) is 48.5 Å². The second-order valence-corrected chi connectivity index (χ2v) is 11.9. The van der Waals surface area contributed by atoms with Crippen LogP contribution >= 0.6 is 0 Å². The number of benzene rings is 2. The number of esters is 1. The van der Waals surface area contributed by atoms with Gasteiger partial charge in [0.25, 0.3) is 0 Å². The van der Waals surface area contributed by atoms with Crippen LogP contribution in [0.1, 0.15) is 56.6 Å². The van der Waals surface area contributed by atoms with Crippen LogP contribution < -0.4 is 5.32 Å². The average molecular weight is 673 g/mol. The van der Waals surface area contributed by atoms with Gasteiger partial charge < -0.3 is 34.3 Å². The molecule has 1 aliphatic rings. The number of amides is 2. The highest BCUT2D eigenvalue weighted by atomic mass is 16.6. The van der Waals surface area contributed by atoms with Crippen LogP contribution in [0.2, 0.25) is 0 Å². The van der Waals surface area contributed by atoms with Gasteiger partial charge in [-0.15, -0.1) is 0 Å². The van der Waals surface area contributed by atoms with E-state index in [9.17, 15) is 24.3 Å². The molecular formula is C35H40N6O8. The number of hydrogen-bond donors (Lipinski definition) is 2. The van der Waals surface area contributed by atoms with Crippen LogP contribution in [0, 0.1) is 0 Å². The highest BCUT2D eigenvalue weighted by Gasteiger charge is 2.29. The summed E-state index contributed by atoms with van der Waals surface area (Å²) in [4.78, 5) is 62.9. The molecule has 0 fully saturated rings. The van der Waals surface area contributed by atoms with E-state index < -0.39 is 30.9 Å². The minimum atomic E-state index is -0.841. The second-order valence-electron chi connectivity index (χ2n) is 11.9. The van der Waals surface area contributed by atoms with E-state index in [1.807, 2.05) is 24.3 Å². The average Bonchev–Trinajstić information content (AvgIpc) is 3.66. The lowest BCUT2D eigenvalue weighted by Crippen LogP contribution is -2.34. The Kier molecular flexibility index (Phi) is 11.7. The summed E-state index contributed by atoms with van der Waals surface area (Å²) in [6.07, 6.45) is 1.20. The largest absolute Gasteiger partial charge is 0.460 e. The van der Waals surface area contributed by atoms with Gasteiger partial charge in [0.2, 0.25) is 5.91 Å². The predicted molar refractivity (Wildman–Crippen MR) is 178 cm³/mol. The van der Waals surface area contributed by atoms with Crippen molar-refractivity contribution in [3.63, 3.8) is 0 Å². The maximum Gasteiger partial charge on any atom is 0.409 e. The van der Waals surface area contributed by atoms with E-state index in [0.29, 0.717) is 24.1 Å². The van der Waals surface area contributed by atoms with Crippen LogP contribution in [0.25, 0.3) is 22.3 Å². The van der Waals surface area contributed by atoms with Crippen LogP contribution in [0.15, 0.2) is 61.2 Å². The lowest BCUT2D eigenvalue weighted by atomic mass is 9.98. The molecule has 0 saturated heterocycles. The molecule has 0 spiro atoms. The Hall–Kier alpha value is -5.21. The zero-order chi connectivity index (χ0) is 34.9. The molecule has 4 aromatic rings. The van der Waals surface area contributed by atoms with E-state index in [2.05, 4.69) is 44.5 Å². The monoisotopic (exact) mass is 672 g/mol. The van der Waals surface area contributed by atoms with Crippen LogP contribution in [0.5, 0.6) is 0 Å². The maximum atomic E-state index is 12.8. The summed E-state index contributed by atoms with van der Waals surface area (Å²) in [5, 5.41) is 12.5. The van der Waals surface area contributed by atoms with Gasteiger partial charge in [-0.05, 0) is 42.5 Å². The highest BCUT2D eigenvalue weighted by Crippen LogP contribution is 2.44. The van der Waals surface area contributed by atoms with E-state index in [1.54, 1.807) is 18.5 Å². The summed E-state index contributed by atoms with van der Waals surface area (Å²) in [6.45, 7) is 3.01. The molecule has 49 heavy (non-hydrogen) atoms. The molecule has 2 atom stereocenters. The summed E-state index contributed by atoms with van der Waals surface area (Å²) in [7, 11) is 1.64. The van der Waals surface area contributed by atoms with Gasteiger partial charge in [-0.3, -0.25) is 14.2 Å². The van der Waals surface area contributed by atoms with Crippen LogP contribution in [0.3, 0.4) is 0 Å². The summed E-state index contributed by atoms with van der Waals surface area (Å²) in [6, 6.07) is 16.3. The van der Waals surface area contributed by atoms with Crippen molar-refractivity contribution in [1.82, 2.24) is 24.4 Å². The van der Waals surface area contributed by atoms with E-state index in [0.717, 1.165) is 22.3 Å². The van der Waals surface area contributed by atoms with Crippen LogP contribution in [0.4, 0.5) is 10.6 Å². The molecular weight excluding hydrogens is 632 g/mol. The van der Waals surface area contributed by atoms with Crippen LogP contribution in [-0.2, 0) is 35.3 Å². The Morgan fingerprint density at radius 1 is 0.980 bits per heavy atom. The first-order valence-electron chi connectivity index (χ1n) is 16.1. The minimum absolute atomic E-state index is 0.0380. The van der Waals surface area contributed by atoms with E-state index in [4.69, 9.17) is 14.2 Å². The van der Waals surface area contributed by atoms with Gasteiger partial charge in [0.05, 0.1) is 19.4 Å². The summed E-state index contributed by atoms with van der Waals surface area (Å²) in [5.41, 5.74) is 5.29. The quantitative estimate of drug-likeness (QED) is 0.164. The molecule has 258 valence electrons. The van der Waals surface area contributed by atoms with Gasteiger partial charge >= 0.3 is 12.1 Å². The van der Waals surface area contributed by atoms with Crippen molar-refractivity contribution >= 4 is 40.7 Å². The van der Waals surface area contributed by atoms with Gasteiger partial charge in [-0.25, -0.2) is 19.7 Å². The Labute approximate surface area is 283 Å². The van der Waals surface area contributed by atoms with Gasteiger partial charge in [-0.2, -0.15) is 0 Å². The van der Waals surface area contributed by atoms with Crippen molar-refractivity contribution in [2.45, 2.75) is 64.4 Å². The standard InChI is InChI=1S/C35H40N6O8/c1-22(43)14-15-31(45)49-23(2)29(17-42)48-21-41-20-38-32-33(36-19-37-34(32)41)39-30(44)13-8-16-40(3)35(46)47-18-28-26-11-6-4-9-24(26)25-10-5-7-12-27(25)28/h4-7,9-12,19-20,23,28-29,42H,8,13-18,21H2,1-3H3,(H,36,37,39,44). The number of nitrogens with one attached hydrogen (secondary N) is 1. The van der Waals surface area contributed by atoms with Crippen molar-refractivity contribution in [1.29, 1.82) is 0 Å². The number of Topliss-reactive ketones (excluding diaryl/α,β-unsaturated/α-hetero) is 1. The first-order chi connectivity index (χ1) is 23.7. The number of carbonyl (C=O) groups is 4. The minimum Gasteiger partial charge on any atom is -0.460 e. The summed E-state index contributed by atoms with van der Waals surface area (Å²) in [5.74, 6) is -0.820. The molecule has 14 heteroatoms. The fourth-order valence-corrected chi connectivity index (χ4v) is 5.67. The molecule has 0 saturated carbocycles. The predicted octanol–water partition coefficient (Wildman–Crippen LogP) is 4.06. The third kappa shape index (κ3) is 8.64. The number of aliphatic hydroxyl groups excluding tert-OH is 1. The zero-order valence-electron chi connectivity index (χ0n) is 27.7. The zero-order valence-corrected chi connectivity index (χ0v) is 27.7. The SMILES string of the molecule is CC(=O)CCC(=O)OC(C)C(CO)OCn1cnc2c(NC(=O)CCCN(C)C(=O)OCC3c4ccccc4-c4ccccc43)ncnc21. The summed E-state index contributed by atoms with van der Waals surface area (Å²) >= 11 is 0. The molecule has 2 unspecified atom stereocenters. The van der Waals surface area contributed by atoms with Crippen molar-refractivity contribution in [3.05, 3.63) is 72.3 Å². The molecule has 2 N–H and O–H groups in total. The van der Waals surface area contributed by atoms with Gasteiger partial charge in [0.1, 0.15) is 37.7 Å². The fourth-order valence-electron chi connectivity index (χ4n) is 5.67. The number of fused-ring (bicyclic) bond motifs is 4. The van der Waals surface area contributed by atoms with E-state index in [1.165, 1.54) is 24.5 Å². The van der Waals surface area contributed by atoms with E-state index >= 15 is 0 Å². The Bertz CT molecular complexity index is 1760. The normalized spacial score (nSPS) is 13.3. The van der Waals surface area contributed by atoms with Crippen LogP contribution in [-0.4, -0.2) is 92.3 Å². The lowest BCUT2D eigenvalue weighted by molar-refractivity contribution is -0.161. The van der Waals surface area contributed by atoms with Gasteiger partial charge in [0, 0.05) is 32.4 Å². The number of aliphatic hydroxyl groups is 1. The highest BCUT2D eigenvalue weighted by molar-refractivity contribution is 5.96. The molecule has 1 aliphatic carbocycles. The number of aromatic nitrogens is 4. The topological polar surface area (TPSA) is 175 Å². The number of ether oxygens (including phenoxy) is 3. The second kappa shape index (κ2) is 16.3. The third-order valence-electron chi connectivity index (χ3n) is 8.33. The first-order valence-corrected chi connectivity index (χ1v) is 16.1. The maximum absolute atomic E-state index is 12.8. The van der Waals surface area contributed by atoms with E-state index in [-0.39, 0.29) is 56.0 Å². The molecule has 0 aliphatic heterocycles. The summed E-state index contributed by atoms with van der Waals surface area (Å²) < 4.78 is 18.3. The molecule has 5 rings (SSSR count).